The Balaban J connectivity index is 1.77. The van der Waals surface area contributed by atoms with E-state index in [4.69, 9.17) is 13.8 Å². The van der Waals surface area contributed by atoms with E-state index in [1.165, 1.54) is 13.8 Å². The Morgan fingerprint density at radius 3 is 1.92 bits per heavy atom. The lowest BCUT2D eigenvalue weighted by atomic mass is 10.0. The molecule has 1 aromatic heterocycles. The molecule has 0 unspecified atom stereocenters. The Labute approximate surface area is 223 Å². The lowest BCUT2D eigenvalue weighted by molar-refractivity contribution is 0.0361. The average Bonchev–Trinajstić information content (AvgIpc) is 3.32. The van der Waals surface area contributed by atoms with E-state index in [0.717, 1.165) is 24.3 Å². The van der Waals surface area contributed by atoms with Crippen LogP contribution >= 0.6 is 7.60 Å². The first-order chi connectivity index (χ1) is 18.6. The van der Waals surface area contributed by atoms with Crippen LogP contribution in [0.15, 0.2) is 84.9 Å². The van der Waals surface area contributed by atoms with Crippen molar-refractivity contribution in [2.24, 2.45) is 0 Å². The fourth-order valence-electron chi connectivity index (χ4n) is 4.21. The Morgan fingerprint density at radius 1 is 0.897 bits per heavy atom. The second-order valence-electron chi connectivity index (χ2n) is 8.40. The quantitative estimate of drug-likeness (QED) is 0.160. The van der Waals surface area contributed by atoms with Gasteiger partial charge < -0.3 is 18.9 Å². The number of esters is 1. The molecule has 0 saturated carbocycles. The average molecular weight is 557 g/mol. The molecule has 0 fully saturated rings. The Bertz CT molecular complexity index is 1470. The summed E-state index contributed by atoms with van der Waals surface area (Å²) >= 11 is 0. The minimum atomic E-state index is -4.90. The van der Waals surface area contributed by atoms with Crippen LogP contribution < -0.4 is 0 Å². The maximum absolute atomic E-state index is 15.4. The van der Waals surface area contributed by atoms with E-state index in [0.29, 0.717) is 15.7 Å². The number of nitrogens with zero attached hydrogens (tertiary/aromatic N) is 1. The Hall–Kier alpha value is -3.85. The predicted molar refractivity (Wildman–Crippen MR) is 140 cm³/mol. The number of aromatic nitrogens is 1. The zero-order valence-electron chi connectivity index (χ0n) is 21.1. The van der Waals surface area contributed by atoms with Crippen molar-refractivity contribution < 1.29 is 41.8 Å². The molecule has 11 heteroatoms. The van der Waals surface area contributed by atoms with Gasteiger partial charge in [-0.1, -0.05) is 66.7 Å². The van der Waals surface area contributed by atoms with Gasteiger partial charge >= 0.3 is 25.3 Å². The van der Waals surface area contributed by atoms with Gasteiger partial charge in [0.2, 0.25) is 0 Å². The summed E-state index contributed by atoms with van der Waals surface area (Å²) in [6.45, 7) is 2.27. The van der Waals surface area contributed by atoms with Crippen molar-refractivity contribution in [3.05, 3.63) is 107 Å². The molecule has 0 saturated heterocycles. The molecule has 4 rings (SSSR count). The molecule has 0 aliphatic heterocycles. The van der Waals surface area contributed by atoms with Crippen LogP contribution in [0, 0.1) is 0 Å². The van der Waals surface area contributed by atoms with Crippen molar-refractivity contribution in [1.29, 1.82) is 0 Å². The summed E-state index contributed by atoms with van der Waals surface area (Å²) in [4.78, 5) is 25.5. The minimum Gasteiger partial charge on any atom is -0.464 e. The number of alkyl halides is 2. The maximum Gasteiger partial charge on any atom is 0.416 e. The number of hydrogen-bond acceptors (Lipinski definition) is 6. The fraction of sp³-hybridized carbons (Fsp3) is 0.214. The van der Waals surface area contributed by atoms with E-state index in [9.17, 15) is 19.3 Å². The minimum absolute atomic E-state index is 0.00274. The number of ether oxygens (including phenoxy) is 1. The highest BCUT2D eigenvalue weighted by molar-refractivity contribution is 7.54. The van der Waals surface area contributed by atoms with Gasteiger partial charge in [0.1, 0.15) is 5.69 Å². The zero-order chi connectivity index (χ0) is 28.2. The second-order valence-corrected chi connectivity index (χ2v) is 10.5. The summed E-state index contributed by atoms with van der Waals surface area (Å²) in [5.41, 5.74) is -3.86. The molecule has 0 aliphatic rings. The molecule has 0 spiro atoms. The molecule has 39 heavy (non-hydrogen) atoms. The third kappa shape index (κ3) is 5.49. The number of carbonyl (C=O) groups excluding carboxylic acids is 1. The van der Waals surface area contributed by atoms with Gasteiger partial charge in [-0.2, -0.15) is 8.78 Å². The molecule has 8 nitrogen and oxygen atoms in total. The first-order valence-electron chi connectivity index (χ1n) is 12.1. The molecular weight excluding hydrogens is 531 g/mol. The lowest BCUT2D eigenvalue weighted by Crippen LogP contribution is -2.20. The summed E-state index contributed by atoms with van der Waals surface area (Å²) in [6.07, 6.45) is -2.37. The molecule has 0 radical (unpaired) electrons. The van der Waals surface area contributed by atoms with E-state index in [1.807, 2.05) is 0 Å². The number of halogens is 2. The SMILES string of the molecule is CCOP(=O)(OCC)C(F)(F)c1ccc2c(c1)cc(C(=O)OC(c1ccccc1)c1ccccc1)n2C(=O)O. The molecule has 1 N–H and O–H groups in total. The number of benzene rings is 3. The molecule has 4 aromatic rings. The van der Waals surface area contributed by atoms with Gasteiger partial charge in [-0.15, -0.1) is 0 Å². The first kappa shape index (κ1) is 28.2. The largest absolute Gasteiger partial charge is 0.464 e. The highest BCUT2D eigenvalue weighted by atomic mass is 31.2. The molecule has 0 atom stereocenters. The van der Waals surface area contributed by atoms with Gasteiger partial charge in [0.25, 0.3) is 0 Å². The third-order valence-electron chi connectivity index (χ3n) is 5.92. The smallest absolute Gasteiger partial charge is 0.416 e. The Kier molecular flexibility index (Phi) is 8.30. The summed E-state index contributed by atoms with van der Waals surface area (Å²) in [5, 5.41) is 9.89. The summed E-state index contributed by atoms with van der Waals surface area (Å²) in [5.74, 6) is -0.978. The van der Waals surface area contributed by atoms with Gasteiger partial charge in [-0.05, 0) is 43.2 Å². The zero-order valence-corrected chi connectivity index (χ0v) is 22.0. The monoisotopic (exact) mass is 557 g/mol. The molecule has 0 aliphatic carbocycles. The molecule has 0 amide bonds. The summed E-state index contributed by atoms with van der Waals surface area (Å²) in [6, 6.07) is 21.9. The number of hydrogen-bond donors (Lipinski definition) is 1. The van der Waals surface area contributed by atoms with Crippen molar-refractivity contribution in [3.8, 4) is 0 Å². The van der Waals surface area contributed by atoms with Gasteiger partial charge in [0.05, 0.1) is 18.7 Å². The van der Waals surface area contributed by atoms with Crippen molar-refractivity contribution >= 4 is 30.6 Å². The van der Waals surface area contributed by atoms with E-state index in [1.54, 1.807) is 60.7 Å². The second kappa shape index (κ2) is 11.5. The lowest BCUT2D eigenvalue weighted by Gasteiger charge is -2.26. The summed E-state index contributed by atoms with van der Waals surface area (Å²) in [7, 11) is -4.90. The molecule has 3 aromatic carbocycles. The van der Waals surface area contributed by atoms with E-state index < -0.39 is 37.0 Å². The Morgan fingerprint density at radius 2 is 1.44 bits per heavy atom. The van der Waals surface area contributed by atoms with Crippen molar-refractivity contribution in [2.75, 3.05) is 13.2 Å². The van der Waals surface area contributed by atoms with Crippen LogP contribution in [0.4, 0.5) is 13.6 Å². The first-order valence-corrected chi connectivity index (χ1v) is 13.6. The van der Waals surface area contributed by atoms with Crippen molar-refractivity contribution in [3.63, 3.8) is 0 Å². The van der Waals surface area contributed by atoms with Gasteiger partial charge in [0, 0.05) is 10.9 Å². The standard InChI is InChI=1S/C28H26F2NO7P/c1-3-36-39(35,37-4-2)28(29,30)22-15-16-23-21(17-22)18-24(31(23)27(33)34)26(32)38-25(19-11-7-5-8-12-19)20-13-9-6-10-14-20/h5-18,25H,3-4H2,1-2H3,(H,33,34). The maximum atomic E-state index is 15.4. The van der Waals surface area contributed by atoms with Crippen molar-refractivity contribution in [2.45, 2.75) is 25.6 Å². The normalized spacial score (nSPS) is 12.1. The van der Waals surface area contributed by atoms with Crippen LogP contribution in [0.3, 0.4) is 0 Å². The van der Waals surface area contributed by atoms with E-state index >= 15 is 8.78 Å². The van der Waals surface area contributed by atoms with Crippen LogP contribution in [-0.2, 0) is 24.0 Å². The number of carbonyl (C=O) groups is 2. The van der Waals surface area contributed by atoms with Crippen LogP contribution in [0.5, 0.6) is 0 Å². The van der Waals surface area contributed by atoms with Crippen molar-refractivity contribution in [1.82, 2.24) is 4.57 Å². The molecule has 0 bridgehead atoms. The molecule has 204 valence electrons. The summed E-state index contributed by atoms with van der Waals surface area (Å²) < 4.78 is 59.7. The van der Waals surface area contributed by atoms with Crippen LogP contribution in [0.1, 0.15) is 47.1 Å². The van der Waals surface area contributed by atoms with Gasteiger partial charge in [-0.3, -0.25) is 4.57 Å². The number of carboxylic acid groups (broad SMARTS) is 1. The van der Waals surface area contributed by atoms with E-state index in [-0.39, 0.29) is 29.8 Å². The third-order valence-corrected chi connectivity index (χ3v) is 8.06. The topological polar surface area (TPSA) is 104 Å². The van der Waals surface area contributed by atoms with E-state index in [2.05, 4.69) is 0 Å². The van der Waals surface area contributed by atoms with Gasteiger partial charge in [0.15, 0.2) is 6.10 Å². The fourth-order valence-corrected chi connectivity index (χ4v) is 5.74. The van der Waals surface area contributed by atoms with Crippen LogP contribution in [0.2, 0.25) is 0 Å². The number of fused-ring (bicyclic) bond motifs is 1. The highest BCUT2D eigenvalue weighted by Gasteiger charge is 2.54. The number of rotatable bonds is 10. The van der Waals surface area contributed by atoms with Crippen LogP contribution in [-0.4, -0.2) is 34.9 Å². The predicted octanol–water partition coefficient (Wildman–Crippen LogP) is 7.43. The van der Waals surface area contributed by atoms with Crippen LogP contribution in [0.25, 0.3) is 10.9 Å². The molecular formula is C28H26F2NO7P. The molecule has 1 heterocycles. The highest BCUT2D eigenvalue weighted by Crippen LogP contribution is 2.66. The van der Waals surface area contributed by atoms with Gasteiger partial charge in [-0.25, -0.2) is 14.2 Å².